The third-order valence-electron chi connectivity index (χ3n) is 6.44. The van der Waals surface area contributed by atoms with Crippen LogP contribution >= 0.6 is 11.6 Å². The number of benzene rings is 1. The number of hydrogen-bond acceptors (Lipinski definition) is 7. The van der Waals surface area contributed by atoms with Crippen LogP contribution in [0.25, 0.3) is 11.4 Å². The van der Waals surface area contributed by atoms with Gasteiger partial charge in [-0.25, -0.2) is 14.5 Å². The van der Waals surface area contributed by atoms with Crippen LogP contribution in [0.15, 0.2) is 36.4 Å². The molecule has 0 radical (unpaired) electrons. The van der Waals surface area contributed by atoms with E-state index in [1.165, 1.54) is 23.9 Å². The maximum atomic E-state index is 14.9. The maximum Gasteiger partial charge on any atom is 0.413 e. The first kappa shape index (κ1) is 27.0. The number of pyridine rings is 1. The molecule has 3 N–H and O–H groups in total. The van der Waals surface area contributed by atoms with Gasteiger partial charge in [0.05, 0.1) is 23.2 Å². The van der Waals surface area contributed by atoms with Gasteiger partial charge in [0, 0.05) is 17.6 Å². The molecule has 3 aromatic rings. The Kier molecular flexibility index (Phi) is 8.20. The van der Waals surface area contributed by atoms with Crippen molar-refractivity contribution in [2.45, 2.75) is 38.7 Å². The highest BCUT2D eigenvalue weighted by Crippen LogP contribution is 2.32. The highest BCUT2D eigenvalue weighted by molar-refractivity contribution is 6.31. The number of halogens is 2. The number of aromatic nitrogens is 4. The molecule has 2 aromatic heterocycles. The Morgan fingerprint density at radius 1 is 1.13 bits per heavy atom. The van der Waals surface area contributed by atoms with Gasteiger partial charge in [-0.15, -0.1) is 5.10 Å². The van der Waals surface area contributed by atoms with Crippen molar-refractivity contribution in [3.05, 3.63) is 52.9 Å². The van der Waals surface area contributed by atoms with Gasteiger partial charge in [0.25, 0.3) is 0 Å². The molecule has 11 nitrogen and oxygen atoms in total. The van der Waals surface area contributed by atoms with Crippen molar-refractivity contribution in [1.82, 2.24) is 20.0 Å². The van der Waals surface area contributed by atoms with E-state index in [1.54, 1.807) is 31.2 Å². The predicted octanol–water partition coefficient (Wildman–Crippen LogP) is 4.81. The van der Waals surface area contributed by atoms with Gasteiger partial charge in [0.15, 0.2) is 11.5 Å². The Balaban J connectivity index is 1.47. The largest absolute Gasteiger partial charge is 0.481 e. The average molecular weight is 545 g/mol. The van der Waals surface area contributed by atoms with Crippen molar-refractivity contribution in [2.24, 2.45) is 18.9 Å². The molecule has 38 heavy (non-hydrogen) atoms. The number of carboxylic acids is 1. The lowest BCUT2D eigenvalue weighted by atomic mass is 9.78. The van der Waals surface area contributed by atoms with Crippen LogP contribution in [0.1, 0.15) is 44.3 Å². The van der Waals surface area contributed by atoms with E-state index in [9.17, 15) is 23.9 Å². The number of anilines is 2. The molecule has 4 rings (SSSR count). The highest BCUT2D eigenvalue weighted by Gasteiger charge is 2.36. The minimum Gasteiger partial charge on any atom is -0.481 e. The molecule has 2 unspecified atom stereocenters. The van der Waals surface area contributed by atoms with Crippen LogP contribution < -0.4 is 10.6 Å². The third kappa shape index (κ3) is 5.91. The maximum absolute atomic E-state index is 14.9. The average Bonchev–Trinajstić information content (AvgIpc) is 3.24. The molecular formula is C25H26ClFN6O5. The van der Waals surface area contributed by atoms with Gasteiger partial charge < -0.3 is 15.2 Å². The van der Waals surface area contributed by atoms with E-state index >= 15 is 0 Å². The fourth-order valence-electron chi connectivity index (χ4n) is 4.45. The highest BCUT2D eigenvalue weighted by atomic mass is 35.5. The summed E-state index contributed by atoms with van der Waals surface area (Å²) in [6.07, 6.45) is 0.798. The Morgan fingerprint density at radius 2 is 1.84 bits per heavy atom. The number of ether oxygens (including phenoxy) is 1. The molecule has 0 bridgehead atoms. The van der Waals surface area contributed by atoms with Crippen LogP contribution in [-0.4, -0.2) is 43.1 Å². The SMILES string of the molecule is C[C@@H](OC(=O)Nc1c(-c2ccc(NC(=O)C3CCCCC3C(=O)O)c(F)n2)nnn1C)c1ccccc1Cl. The first-order valence-electron chi connectivity index (χ1n) is 12.0. The number of hydrogen-bond donors (Lipinski definition) is 3. The lowest BCUT2D eigenvalue weighted by molar-refractivity contribution is -0.147. The second kappa shape index (κ2) is 11.5. The molecule has 13 heteroatoms. The molecule has 0 aliphatic heterocycles. The number of carbonyl (C=O) groups excluding carboxylic acids is 2. The van der Waals surface area contributed by atoms with E-state index < -0.39 is 41.9 Å². The number of nitrogens with one attached hydrogen (secondary N) is 2. The van der Waals surface area contributed by atoms with Gasteiger partial charge in [-0.05, 0) is 38.0 Å². The van der Waals surface area contributed by atoms with Gasteiger partial charge in [-0.3, -0.25) is 14.9 Å². The topological polar surface area (TPSA) is 148 Å². The molecule has 1 saturated carbocycles. The molecule has 2 amide bonds. The molecule has 1 aromatic carbocycles. The predicted molar refractivity (Wildman–Crippen MR) is 136 cm³/mol. The van der Waals surface area contributed by atoms with Crippen molar-refractivity contribution < 1.29 is 28.6 Å². The molecule has 0 spiro atoms. The summed E-state index contributed by atoms with van der Waals surface area (Å²) in [4.78, 5) is 40.7. The van der Waals surface area contributed by atoms with E-state index in [0.29, 0.717) is 23.4 Å². The summed E-state index contributed by atoms with van der Waals surface area (Å²) in [5, 5.41) is 22.7. The minimum atomic E-state index is -1.04. The summed E-state index contributed by atoms with van der Waals surface area (Å²) in [5.74, 6) is -4.06. The Bertz CT molecular complexity index is 1370. The van der Waals surface area contributed by atoms with Gasteiger partial charge in [0.2, 0.25) is 11.9 Å². The first-order valence-corrected chi connectivity index (χ1v) is 12.4. The van der Waals surface area contributed by atoms with Crippen LogP contribution in [0.2, 0.25) is 5.02 Å². The Hall–Kier alpha value is -4.06. The summed E-state index contributed by atoms with van der Waals surface area (Å²) < 4.78 is 21.6. The Morgan fingerprint density at radius 3 is 2.53 bits per heavy atom. The zero-order valence-corrected chi connectivity index (χ0v) is 21.4. The Labute approximate surface area is 222 Å². The zero-order valence-electron chi connectivity index (χ0n) is 20.6. The van der Waals surface area contributed by atoms with Crippen molar-refractivity contribution in [1.29, 1.82) is 0 Å². The van der Waals surface area contributed by atoms with E-state index in [-0.39, 0.29) is 22.9 Å². The van der Waals surface area contributed by atoms with Crippen LogP contribution in [0, 0.1) is 17.8 Å². The summed E-state index contributed by atoms with van der Waals surface area (Å²) in [5.41, 5.74) is 0.547. The van der Waals surface area contributed by atoms with Crippen LogP contribution in [0.5, 0.6) is 0 Å². The molecule has 200 valence electrons. The van der Waals surface area contributed by atoms with E-state index in [0.717, 1.165) is 12.8 Å². The fraction of sp³-hybridized carbons (Fsp3) is 0.360. The minimum absolute atomic E-state index is 0.0455. The van der Waals surface area contributed by atoms with E-state index in [4.69, 9.17) is 16.3 Å². The molecule has 1 fully saturated rings. The number of nitrogens with zero attached hydrogens (tertiary/aromatic N) is 4. The summed E-state index contributed by atoms with van der Waals surface area (Å²) in [6.45, 7) is 1.67. The lowest BCUT2D eigenvalue weighted by Crippen LogP contribution is -2.36. The second-order valence-electron chi connectivity index (χ2n) is 8.96. The standard InChI is InChI=1S/C25H26ClFN6O5/c1-13(14-7-5-6-10-17(14)26)38-25(37)30-22-20(31-32-33(22)2)18-11-12-19(21(27)28-18)29-23(34)15-8-3-4-9-16(15)24(35)36/h5-7,10-13,15-16H,3-4,8-9H2,1-2H3,(H,29,34)(H,30,37)(H,35,36)/t13-,15?,16?/m1/s1. The zero-order chi connectivity index (χ0) is 27.4. The molecule has 0 saturated heterocycles. The van der Waals surface area contributed by atoms with Gasteiger partial charge in [0.1, 0.15) is 6.10 Å². The summed E-state index contributed by atoms with van der Waals surface area (Å²) in [7, 11) is 1.53. The lowest BCUT2D eigenvalue weighted by Gasteiger charge is -2.27. The fourth-order valence-corrected chi connectivity index (χ4v) is 4.74. The first-order chi connectivity index (χ1) is 18.2. The van der Waals surface area contributed by atoms with Gasteiger partial charge in [-0.1, -0.05) is 47.9 Å². The monoisotopic (exact) mass is 544 g/mol. The van der Waals surface area contributed by atoms with Crippen LogP contribution in [-0.2, 0) is 21.4 Å². The molecule has 3 atom stereocenters. The van der Waals surface area contributed by atoms with Crippen molar-refractivity contribution in [3.63, 3.8) is 0 Å². The number of rotatable bonds is 7. The van der Waals surface area contributed by atoms with Crippen molar-refractivity contribution >= 4 is 41.1 Å². The van der Waals surface area contributed by atoms with Gasteiger partial charge >= 0.3 is 12.1 Å². The van der Waals surface area contributed by atoms with Crippen molar-refractivity contribution in [2.75, 3.05) is 10.6 Å². The van der Waals surface area contributed by atoms with Crippen LogP contribution in [0.4, 0.5) is 20.7 Å². The quantitative estimate of drug-likeness (QED) is 0.359. The number of amides is 2. The normalized spacial score (nSPS) is 17.9. The van der Waals surface area contributed by atoms with Crippen LogP contribution in [0.3, 0.4) is 0 Å². The number of carbonyl (C=O) groups is 3. The van der Waals surface area contributed by atoms with Gasteiger partial charge in [-0.2, -0.15) is 4.39 Å². The summed E-state index contributed by atoms with van der Waals surface area (Å²) >= 11 is 6.17. The smallest absolute Gasteiger partial charge is 0.413 e. The number of carboxylic acid groups (broad SMARTS) is 1. The third-order valence-corrected chi connectivity index (χ3v) is 6.79. The van der Waals surface area contributed by atoms with E-state index in [1.807, 2.05) is 0 Å². The second-order valence-corrected chi connectivity index (χ2v) is 9.37. The van der Waals surface area contributed by atoms with E-state index in [2.05, 4.69) is 25.9 Å². The molecular weight excluding hydrogens is 519 g/mol. The molecule has 1 aliphatic rings. The molecule has 2 heterocycles. The number of aliphatic carboxylic acids is 1. The number of aryl methyl sites for hydroxylation is 1. The summed E-state index contributed by atoms with van der Waals surface area (Å²) in [6, 6.07) is 9.65. The van der Waals surface area contributed by atoms with Crippen molar-refractivity contribution in [3.8, 4) is 11.4 Å². The molecule has 1 aliphatic carbocycles.